The van der Waals surface area contributed by atoms with Crippen LogP contribution in [0.4, 0.5) is 0 Å². The lowest BCUT2D eigenvalue weighted by Crippen LogP contribution is -2.25. The fraction of sp³-hybridized carbons (Fsp3) is 0.323. The van der Waals surface area contributed by atoms with E-state index in [-0.39, 0.29) is 28.7 Å². The Balaban J connectivity index is 1.53. The number of rotatable bonds is 10. The zero-order valence-corrected chi connectivity index (χ0v) is 24.0. The Bertz CT molecular complexity index is 1330. The molecular weight excluding hydrogens is 516 g/mol. The van der Waals surface area contributed by atoms with E-state index in [0.717, 1.165) is 6.42 Å². The minimum atomic E-state index is -0.601. The van der Waals surface area contributed by atoms with E-state index in [1.54, 1.807) is 42.5 Å². The van der Waals surface area contributed by atoms with Crippen LogP contribution < -0.4 is 19.6 Å². The number of methoxy groups -OCH3 is 1. The second kappa shape index (κ2) is 12.8. The largest absolute Gasteiger partial charge is 0.493 e. The first-order chi connectivity index (χ1) is 18.4. The van der Waals surface area contributed by atoms with Crippen LogP contribution in [0, 0.1) is 5.41 Å². The topological polar surface area (TPSA) is 86.2 Å². The zero-order chi connectivity index (χ0) is 28.6. The number of benzene rings is 3. The minimum Gasteiger partial charge on any atom is -0.493 e. The first-order valence-corrected chi connectivity index (χ1v) is 13.0. The van der Waals surface area contributed by atoms with Crippen molar-refractivity contribution in [1.29, 1.82) is 0 Å². The second-order valence-electron chi connectivity index (χ2n) is 11.0. The van der Waals surface area contributed by atoms with Crippen molar-refractivity contribution in [3.05, 3.63) is 88.4 Å². The molecule has 8 heteroatoms. The van der Waals surface area contributed by atoms with Crippen LogP contribution in [0.1, 0.15) is 62.5 Å². The lowest BCUT2D eigenvalue weighted by molar-refractivity contribution is -0.123. The van der Waals surface area contributed by atoms with Gasteiger partial charge in [-0.1, -0.05) is 70.5 Å². The van der Waals surface area contributed by atoms with Gasteiger partial charge in [0.05, 0.1) is 23.9 Å². The first-order valence-electron chi connectivity index (χ1n) is 12.6. The summed E-state index contributed by atoms with van der Waals surface area (Å²) in [5.41, 5.74) is 4.78. The predicted octanol–water partition coefficient (Wildman–Crippen LogP) is 6.81. The molecule has 39 heavy (non-hydrogen) atoms. The number of esters is 1. The average molecular weight is 551 g/mol. The number of ether oxygens (including phenoxy) is 3. The first kappa shape index (κ1) is 29.7. The van der Waals surface area contributed by atoms with E-state index in [9.17, 15) is 9.59 Å². The van der Waals surface area contributed by atoms with Crippen molar-refractivity contribution in [2.75, 3.05) is 13.7 Å². The number of hydrazone groups is 1. The standard InChI is InChI=1S/C31H35ClN2O5/c1-30(2,3)20-31(4,5)22-12-14-23(15-13-22)38-19-28(35)34-33-18-21-11-16-26(27(17-21)37-6)39-29(36)24-9-7-8-10-25(24)32/h7-18H,19-20H2,1-6H3,(H,34,35). The summed E-state index contributed by atoms with van der Waals surface area (Å²) in [5, 5.41) is 4.27. The number of carbonyl (C=O) groups is 2. The van der Waals surface area contributed by atoms with Gasteiger partial charge in [0, 0.05) is 0 Å². The molecule has 0 saturated heterocycles. The summed E-state index contributed by atoms with van der Waals surface area (Å²) in [6, 6.07) is 19.3. The highest BCUT2D eigenvalue weighted by atomic mass is 35.5. The number of hydrogen-bond donors (Lipinski definition) is 1. The van der Waals surface area contributed by atoms with Gasteiger partial charge in [-0.05, 0) is 70.8 Å². The molecule has 0 spiro atoms. The van der Waals surface area contributed by atoms with Crippen LogP contribution in [0.3, 0.4) is 0 Å². The van der Waals surface area contributed by atoms with Crippen molar-refractivity contribution in [2.45, 2.75) is 46.5 Å². The highest BCUT2D eigenvalue weighted by molar-refractivity contribution is 6.33. The van der Waals surface area contributed by atoms with Crippen molar-refractivity contribution >= 4 is 29.7 Å². The predicted molar refractivity (Wildman–Crippen MR) is 154 cm³/mol. The molecule has 0 fully saturated rings. The van der Waals surface area contributed by atoms with E-state index in [2.05, 4.69) is 45.1 Å². The Morgan fingerprint density at radius 1 is 0.949 bits per heavy atom. The molecule has 206 valence electrons. The Morgan fingerprint density at radius 3 is 2.28 bits per heavy atom. The van der Waals surface area contributed by atoms with E-state index in [4.69, 9.17) is 25.8 Å². The van der Waals surface area contributed by atoms with Crippen molar-refractivity contribution in [3.8, 4) is 17.2 Å². The third-order valence-corrected chi connectivity index (χ3v) is 6.19. The van der Waals surface area contributed by atoms with Gasteiger partial charge in [0.1, 0.15) is 5.75 Å². The van der Waals surface area contributed by atoms with Gasteiger partial charge in [-0.25, -0.2) is 10.2 Å². The number of nitrogens with zero attached hydrogens (tertiary/aromatic N) is 1. The van der Waals surface area contributed by atoms with Crippen LogP contribution in [0.25, 0.3) is 0 Å². The molecule has 1 N–H and O–H groups in total. The van der Waals surface area contributed by atoms with Gasteiger partial charge in [-0.15, -0.1) is 0 Å². The lowest BCUT2D eigenvalue weighted by atomic mass is 9.72. The molecule has 3 rings (SSSR count). The van der Waals surface area contributed by atoms with Crippen LogP contribution >= 0.6 is 11.6 Å². The molecule has 0 radical (unpaired) electrons. The lowest BCUT2D eigenvalue weighted by Gasteiger charge is -2.33. The van der Waals surface area contributed by atoms with E-state index in [1.165, 1.54) is 18.9 Å². The SMILES string of the molecule is COc1cc(C=NNC(=O)COc2ccc(C(C)(C)CC(C)(C)C)cc2)ccc1OC(=O)c1ccccc1Cl. The average Bonchev–Trinajstić information content (AvgIpc) is 2.87. The normalized spacial score (nSPS) is 11.8. The summed E-state index contributed by atoms with van der Waals surface area (Å²) in [6.45, 7) is 11.0. The van der Waals surface area contributed by atoms with Crippen molar-refractivity contribution in [3.63, 3.8) is 0 Å². The highest BCUT2D eigenvalue weighted by Gasteiger charge is 2.27. The number of nitrogens with one attached hydrogen (secondary N) is 1. The third kappa shape index (κ3) is 8.86. The molecule has 0 heterocycles. The number of halogens is 1. The van der Waals surface area contributed by atoms with Gasteiger partial charge < -0.3 is 14.2 Å². The van der Waals surface area contributed by atoms with E-state index >= 15 is 0 Å². The van der Waals surface area contributed by atoms with Crippen molar-refractivity contribution in [2.24, 2.45) is 10.5 Å². The summed E-state index contributed by atoms with van der Waals surface area (Å²) in [4.78, 5) is 24.7. The Labute approximate surface area is 235 Å². The summed E-state index contributed by atoms with van der Waals surface area (Å²) in [7, 11) is 1.46. The molecule has 7 nitrogen and oxygen atoms in total. The molecule has 3 aromatic rings. The molecule has 0 bridgehead atoms. The number of hydrogen-bond acceptors (Lipinski definition) is 6. The Kier molecular flexibility index (Phi) is 9.76. The Morgan fingerprint density at radius 2 is 1.64 bits per heavy atom. The van der Waals surface area contributed by atoms with E-state index < -0.39 is 11.9 Å². The molecule has 0 unspecified atom stereocenters. The molecule has 0 aliphatic heterocycles. The number of amides is 1. The number of carbonyl (C=O) groups excluding carboxylic acids is 2. The van der Waals surface area contributed by atoms with Crippen molar-refractivity contribution in [1.82, 2.24) is 5.43 Å². The Hall–Kier alpha value is -3.84. The molecule has 0 saturated carbocycles. The highest BCUT2D eigenvalue weighted by Crippen LogP contribution is 2.36. The van der Waals surface area contributed by atoms with Crippen LogP contribution in [-0.2, 0) is 10.2 Å². The minimum absolute atomic E-state index is 0.0288. The molecule has 1 amide bonds. The van der Waals surface area contributed by atoms with Gasteiger partial charge in [0.25, 0.3) is 5.91 Å². The fourth-order valence-corrected chi connectivity index (χ4v) is 4.63. The second-order valence-corrected chi connectivity index (χ2v) is 11.4. The van der Waals surface area contributed by atoms with E-state index in [0.29, 0.717) is 22.1 Å². The molecule has 3 aromatic carbocycles. The zero-order valence-electron chi connectivity index (χ0n) is 23.2. The van der Waals surface area contributed by atoms with Gasteiger partial charge in [0.15, 0.2) is 18.1 Å². The maximum absolute atomic E-state index is 12.5. The molecule has 0 aromatic heterocycles. The van der Waals surface area contributed by atoms with Gasteiger partial charge in [-0.2, -0.15) is 5.10 Å². The van der Waals surface area contributed by atoms with Gasteiger partial charge >= 0.3 is 5.97 Å². The maximum Gasteiger partial charge on any atom is 0.345 e. The molecular formula is C31H35ClN2O5. The van der Waals surface area contributed by atoms with Crippen molar-refractivity contribution < 1.29 is 23.8 Å². The van der Waals surface area contributed by atoms with Gasteiger partial charge in [0.2, 0.25) is 0 Å². The molecule has 0 atom stereocenters. The summed E-state index contributed by atoms with van der Waals surface area (Å²) >= 11 is 6.07. The van der Waals surface area contributed by atoms with Gasteiger partial charge in [-0.3, -0.25) is 4.79 Å². The quantitative estimate of drug-likeness (QED) is 0.130. The molecule has 0 aliphatic carbocycles. The summed E-state index contributed by atoms with van der Waals surface area (Å²) in [6.07, 6.45) is 2.50. The molecule has 0 aliphatic rings. The van der Waals surface area contributed by atoms with Crippen LogP contribution in [0.15, 0.2) is 71.8 Å². The summed E-state index contributed by atoms with van der Waals surface area (Å²) < 4.78 is 16.4. The smallest absolute Gasteiger partial charge is 0.345 e. The van der Waals surface area contributed by atoms with Crippen LogP contribution in [-0.4, -0.2) is 31.8 Å². The van der Waals surface area contributed by atoms with Crippen LogP contribution in [0.2, 0.25) is 5.02 Å². The summed E-state index contributed by atoms with van der Waals surface area (Å²) in [5.74, 6) is 0.153. The third-order valence-electron chi connectivity index (χ3n) is 5.86. The maximum atomic E-state index is 12.5. The fourth-order valence-electron chi connectivity index (χ4n) is 4.42. The monoisotopic (exact) mass is 550 g/mol. The van der Waals surface area contributed by atoms with E-state index in [1.807, 2.05) is 24.3 Å². The van der Waals surface area contributed by atoms with Crippen LogP contribution in [0.5, 0.6) is 17.2 Å².